The van der Waals surface area contributed by atoms with Crippen LogP contribution in [0.3, 0.4) is 0 Å². The molecule has 0 N–H and O–H groups in total. The Hall–Kier alpha value is -0.520. The molecule has 0 nitrogen and oxygen atoms in total. The molecular weight excluding hydrogens is 168 g/mol. The fraction of sp³-hybridized carbons (Fsp3) is 0.714. The van der Waals surface area contributed by atoms with Crippen LogP contribution in [0.15, 0.2) is 23.8 Å². The van der Waals surface area contributed by atoms with Crippen molar-refractivity contribution in [1.82, 2.24) is 0 Å². The van der Waals surface area contributed by atoms with E-state index < -0.39 is 0 Å². The van der Waals surface area contributed by atoms with Crippen molar-refractivity contribution in [2.45, 2.75) is 65.7 Å². The number of hydrogen-bond donors (Lipinski definition) is 0. The normalized spacial score (nSPS) is 12.6. The number of allylic oxidation sites excluding steroid dienone is 4. The largest absolute Gasteiger partial charge is 0.0913 e. The Labute approximate surface area is 90.1 Å². The first kappa shape index (κ1) is 13.5. The average Bonchev–Trinajstić information content (AvgIpc) is 2.21. The maximum Gasteiger partial charge on any atom is -0.0139 e. The van der Waals surface area contributed by atoms with Gasteiger partial charge in [-0.25, -0.2) is 0 Å². The van der Waals surface area contributed by atoms with Crippen LogP contribution < -0.4 is 0 Å². The van der Waals surface area contributed by atoms with Crippen LogP contribution in [0.25, 0.3) is 0 Å². The second-order valence-electron chi connectivity index (χ2n) is 3.88. The molecule has 82 valence electrons. The van der Waals surface area contributed by atoms with E-state index >= 15 is 0 Å². The number of unbranched alkanes of at least 4 members (excludes halogenated alkanes) is 3. The molecule has 0 heterocycles. The Morgan fingerprint density at radius 1 is 1.07 bits per heavy atom. The highest BCUT2D eigenvalue weighted by atomic mass is 14.0. The van der Waals surface area contributed by atoms with E-state index in [9.17, 15) is 0 Å². The molecule has 0 rings (SSSR count). The molecule has 0 aliphatic carbocycles. The minimum atomic E-state index is 1.17. The lowest BCUT2D eigenvalue weighted by atomic mass is 10.0. The van der Waals surface area contributed by atoms with Crippen molar-refractivity contribution in [1.29, 1.82) is 0 Å². The highest BCUT2D eigenvalue weighted by molar-refractivity contribution is 5.07. The van der Waals surface area contributed by atoms with E-state index in [0.717, 1.165) is 0 Å². The van der Waals surface area contributed by atoms with E-state index in [0.29, 0.717) is 0 Å². The van der Waals surface area contributed by atoms with Crippen LogP contribution in [0, 0.1) is 0 Å². The van der Waals surface area contributed by atoms with Gasteiger partial charge in [-0.15, -0.1) is 0 Å². The summed E-state index contributed by atoms with van der Waals surface area (Å²) in [6.07, 6.45) is 15.9. The summed E-state index contributed by atoms with van der Waals surface area (Å²) in [5, 5.41) is 0. The molecule has 0 saturated carbocycles. The molecule has 0 unspecified atom stereocenters. The molecule has 0 aromatic carbocycles. The third-order valence-electron chi connectivity index (χ3n) is 2.46. The van der Waals surface area contributed by atoms with Gasteiger partial charge in [0.05, 0.1) is 0 Å². The first-order valence-corrected chi connectivity index (χ1v) is 6.14. The van der Waals surface area contributed by atoms with Gasteiger partial charge in [0, 0.05) is 0 Å². The third-order valence-corrected chi connectivity index (χ3v) is 2.46. The zero-order valence-electron chi connectivity index (χ0n) is 10.2. The molecule has 0 spiro atoms. The monoisotopic (exact) mass is 194 g/mol. The van der Waals surface area contributed by atoms with Crippen LogP contribution in [0.1, 0.15) is 65.7 Å². The van der Waals surface area contributed by atoms with Gasteiger partial charge in [-0.05, 0) is 32.6 Å². The van der Waals surface area contributed by atoms with Crippen LogP contribution in [-0.4, -0.2) is 0 Å². The SMILES string of the molecule is C/C=C/CC(=CCCCC)CCCC. The Balaban J connectivity index is 3.87. The average molecular weight is 194 g/mol. The Morgan fingerprint density at radius 2 is 1.79 bits per heavy atom. The number of rotatable bonds is 8. The van der Waals surface area contributed by atoms with Crippen molar-refractivity contribution < 1.29 is 0 Å². The first-order chi connectivity index (χ1) is 6.85. The summed E-state index contributed by atoms with van der Waals surface area (Å²) < 4.78 is 0. The van der Waals surface area contributed by atoms with Crippen molar-refractivity contribution >= 4 is 0 Å². The van der Waals surface area contributed by atoms with E-state index in [1.54, 1.807) is 5.57 Å². The molecule has 0 bridgehead atoms. The van der Waals surface area contributed by atoms with Crippen LogP contribution >= 0.6 is 0 Å². The van der Waals surface area contributed by atoms with Crippen LogP contribution in [-0.2, 0) is 0 Å². The maximum absolute atomic E-state index is 2.46. The highest BCUT2D eigenvalue weighted by Crippen LogP contribution is 2.14. The molecule has 0 fully saturated rings. The zero-order chi connectivity index (χ0) is 10.6. The minimum Gasteiger partial charge on any atom is -0.0913 e. The van der Waals surface area contributed by atoms with Crippen molar-refractivity contribution in [3.63, 3.8) is 0 Å². The summed E-state index contributed by atoms with van der Waals surface area (Å²) in [6, 6.07) is 0. The second kappa shape index (κ2) is 10.6. The maximum atomic E-state index is 2.46. The molecule has 0 aliphatic heterocycles. The molecule has 0 heteroatoms. The van der Waals surface area contributed by atoms with Gasteiger partial charge in [-0.2, -0.15) is 0 Å². The first-order valence-electron chi connectivity index (χ1n) is 6.14. The Morgan fingerprint density at radius 3 is 2.36 bits per heavy atom. The van der Waals surface area contributed by atoms with Crippen molar-refractivity contribution in [2.75, 3.05) is 0 Å². The van der Waals surface area contributed by atoms with Gasteiger partial charge >= 0.3 is 0 Å². The van der Waals surface area contributed by atoms with Crippen molar-refractivity contribution in [3.05, 3.63) is 23.8 Å². The van der Waals surface area contributed by atoms with E-state index in [2.05, 4.69) is 39.0 Å². The molecule has 0 radical (unpaired) electrons. The van der Waals surface area contributed by atoms with E-state index in [1.807, 2.05) is 0 Å². The lowest BCUT2D eigenvalue weighted by molar-refractivity contribution is 0.757. The Bertz CT molecular complexity index is 163. The molecule has 0 aliphatic rings. The topological polar surface area (TPSA) is 0 Å². The van der Waals surface area contributed by atoms with Gasteiger partial charge in [0.25, 0.3) is 0 Å². The predicted molar refractivity (Wildman–Crippen MR) is 66.6 cm³/mol. The van der Waals surface area contributed by atoms with Gasteiger partial charge in [0.1, 0.15) is 0 Å². The fourth-order valence-corrected chi connectivity index (χ4v) is 1.47. The van der Waals surface area contributed by atoms with Crippen molar-refractivity contribution in [3.8, 4) is 0 Å². The lowest BCUT2D eigenvalue weighted by Crippen LogP contribution is -1.83. The van der Waals surface area contributed by atoms with Gasteiger partial charge in [-0.1, -0.05) is 56.9 Å². The number of hydrogen-bond acceptors (Lipinski definition) is 0. The molecule has 0 atom stereocenters. The smallest absolute Gasteiger partial charge is 0.0139 e. The molecule has 14 heavy (non-hydrogen) atoms. The quantitative estimate of drug-likeness (QED) is 0.365. The third kappa shape index (κ3) is 8.10. The van der Waals surface area contributed by atoms with Gasteiger partial charge in [-0.3, -0.25) is 0 Å². The van der Waals surface area contributed by atoms with E-state index in [4.69, 9.17) is 0 Å². The van der Waals surface area contributed by atoms with Crippen LogP contribution in [0.5, 0.6) is 0 Å². The summed E-state index contributed by atoms with van der Waals surface area (Å²) >= 11 is 0. The molecule has 0 saturated heterocycles. The molecular formula is C14H26. The van der Waals surface area contributed by atoms with Gasteiger partial charge in [0.15, 0.2) is 0 Å². The van der Waals surface area contributed by atoms with Crippen LogP contribution in [0.4, 0.5) is 0 Å². The predicted octanol–water partition coefficient (Wildman–Crippen LogP) is 5.26. The fourth-order valence-electron chi connectivity index (χ4n) is 1.47. The summed E-state index contributed by atoms with van der Waals surface area (Å²) in [6.45, 7) is 6.62. The molecule has 0 aromatic heterocycles. The van der Waals surface area contributed by atoms with Gasteiger partial charge in [0.2, 0.25) is 0 Å². The van der Waals surface area contributed by atoms with E-state index in [1.165, 1.54) is 44.9 Å². The standard InChI is InChI=1S/C14H26/c1-4-7-10-13-14(11-8-5-2)12-9-6-3/h5,8,13H,4,6-7,9-12H2,1-3H3/b8-5+,14-13?. The van der Waals surface area contributed by atoms with Gasteiger partial charge < -0.3 is 0 Å². The minimum absolute atomic E-state index is 1.17. The zero-order valence-corrected chi connectivity index (χ0v) is 10.2. The Kier molecular flexibility index (Phi) is 10.2. The second-order valence-corrected chi connectivity index (χ2v) is 3.88. The summed E-state index contributed by atoms with van der Waals surface area (Å²) in [5.41, 5.74) is 1.64. The van der Waals surface area contributed by atoms with Crippen molar-refractivity contribution in [2.24, 2.45) is 0 Å². The van der Waals surface area contributed by atoms with E-state index in [-0.39, 0.29) is 0 Å². The summed E-state index contributed by atoms with van der Waals surface area (Å²) in [5.74, 6) is 0. The van der Waals surface area contributed by atoms with Crippen LogP contribution in [0.2, 0.25) is 0 Å². The highest BCUT2D eigenvalue weighted by Gasteiger charge is 1.94. The molecule has 0 amide bonds. The summed E-state index contributed by atoms with van der Waals surface area (Å²) in [7, 11) is 0. The molecule has 0 aromatic rings. The lowest BCUT2D eigenvalue weighted by Gasteiger charge is -2.03. The summed E-state index contributed by atoms with van der Waals surface area (Å²) in [4.78, 5) is 0.